The van der Waals surface area contributed by atoms with Crippen LogP contribution in [-0.4, -0.2) is 41.8 Å². The number of amides is 2. The molecule has 0 saturated heterocycles. The van der Waals surface area contributed by atoms with E-state index in [1.165, 1.54) is 18.4 Å². The molecule has 0 aliphatic heterocycles. The van der Waals surface area contributed by atoms with E-state index < -0.39 is 17.4 Å². The lowest BCUT2D eigenvalue weighted by atomic mass is 10.0. The van der Waals surface area contributed by atoms with Gasteiger partial charge in [-0.25, -0.2) is 0 Å². The molecule has 2 amide bonds. The van der Waals surface area contributed by atoms with Crippen molar-refractivity contribution in [2.75, 3.05) is 19.5 Å². The van der Waals surface area contributed by atoms with E-state index in [0.717, 1.165) is 11.3 Å². The molecule has 2 aromatic carbocycles. The minimum Gasteiger partial charge on any atom is -0.497 e. The highest BCUT2D eigenvalue weighted by Gasteiger charge is 2.31. The van der Waals surface area contributed by atoms with Gasteiger partial charge in [0.15, 0.2) is 0 Å². The summed E-state index contributed by atoms with van der Waals surface area (Å²) in [6, 6.07) is 14.2. The minimum atomic E-state index is -1.19. The highest BCUT2D eigenvalue weighted by molar-refractivity contribution is 7.18. The van der Waals surface area contributed by atoms with Gasteiger partial charge in [0.05, 0.1) is 19.8 Å². The maximum Gasteiger partial charge on any atom is 0.255 e. The maximum absolute atomic E-state index is 12.8. The van der Waals surface area contributed by atoms with Gasteiger partial charge < -0.3 is 14.8 Å². The molecule has 3 aromatic rings. The Balaban J connectivity index is 1.68. The molecule has 0 radical (unpaired) electrons. The molecule has 0 fully saturated rings. The van der Waals surface area contributed by atoms with Crippen molar-refractivity contribution >= 4 is 28.3 Å². The summed E-state index contributed by atoms with van der Waals surface area (Å²) in [7, 11) is 3.09. The van der Waals surface area contributed by atoms with E-state index >= 15 is 0 Å². The molecule has 3 rings (SSSR count). The van der Waals surface area contributed by atoms with Crippen LogP contribution in [0.4, 0.5) is 5.13 Å². The van der Waals surface area contributed by atoms with Crippen molar-refractivity contribution in [3.8, 4) is 22.1 Å². The fraction of sp³-hybridized carbons (Fsp3) is 0.238. The first kappa shape index (κ1) is 21.3. The smallest absolute Gasteiger partial charge is 0.255 e. The van der Waals surface area contributed by atoms with Crippen molar-refractivity contribution < 1.29 is 19.1 Å². The average Bonchev–Trinajstić information content (AvgIpc) is 3.21. The van der Waals surface area contributed by atoms with Crippen LogP contribution in [0.5, 0.6) is 11.5 Å². The predicted molar refractivity (Wildman–Crippen MR) is 115 cm³/mol. The molecule has 0 unspecified atom stereocenters. The Bertz CT molecular complexity index is 1050. The molecule has 0 spiro atoms. The Morgan fingerprint density at radius 1 is 0.967 bits per heavy atom. The molecule has 0 bridgehead atoms. The van der Waals surface area contributed by atoms with Gasteiger partial charge >= 0.3 is 0 Å². The van der Waals surface area contributed by atoms with Crippen LogP contribution in [0.3, 0.4) is 0 Å². The monoisotopic (exact) mass is 426 g/mol. The summed E-state index contributed by atoms with van der Waals surface area (Å²) in [6.07, 6.45) is 0. The Morgan fingerprint density at radius 3 is 2.33 bits per heavy atom. The number of hydrogen-bond donors (Lipinski definition) is 2. The standard InChI is InChI=1S/C21H22N4O4S/c1-21(2,23-17(26)15-7-5-6-8-16(15)29-4)19(27)22-20-25-24-18(30-20)13-9-11-14(28-3)12-10-13/h5-12H,1-4H3,(H,23,26)(H,22,25,27). The van der Waals surface area contributed by atoms with Gasteiger partial charge in [-0.05, 0) is 50.2 Å². The van der Waals surface area contributed by atoms with Crippen molar-refractivity contribution in [2.45, 2.75) is 19.4 Å². The summed E-state index contributed by atoms with van der Waals surface area (Å²) in [5, 5.41) is 14.6. The number of methoxy groups -OCH3 is 2. The van der Waals surface area contributed by atoms with Crippen LogP contribution in [-0.2, 0) is 4.79 Å². The molecule has 156 valence electrons. The lowest BCUT2D eigenvalue weighted by molar-refractivity contribution is -0.120. The third kappa shape index (κ3) is 4.74. The molecule has 0 saturated carbocycles. The molecule has 0 aliphatic carbocycles. The first-order valence-corrected chi connectivity index (χ1v) is 9.90. The van der Waals surface area contributed by atoms with Crippen LogP contribution < -0.4 is 20.1 Å². The molecule has 1 heterocycles. The minimum absolute atomic E-state index is 0.338. The van der Waals surface area contributed by atoms with E-state index in [9.17, 15) is 9.59 Å². The van der Waals surface area contributed by atoms with E-state index in [0.29, 0.717) is 21.5 Å². The number of anilines is 1. The molecule has 8 nitrogen and oxygen atoms in total. The lowest BCUT2D eigenvalue weighted by Gasteiger charge is -2.24. The van der Waals surface area contributed by atoms with Crippen molar-refractivity contribution in [3.05, 3.63) is 54.1 Å². The topological polar surface area (TPSA) is 102 Å². The third-order valence-corrected chi connectivity index (χ3v) is 5.22. The number of carbonyl (C=O) groups is 2. The van der Waals surface area contributed by atoms with Crippen molar-refractivity contribution in [2.24, 2.45) is 0 Å². The zero-order chi connectivity index (χ0) is 21.7. The number of nitrogens with zero attached hydrogens (tertiary/aromatic N) is 2. The molecular weight excluding hydrogens is 404 g/mol. The second-order valence-corrected chi connectivity index (χ2v) is 7.85. The Morgan fingerprint density at radius 2 is 1.67 bits per heavy atom. The first-order chi connectivity index (χ1) is 14.3. The van der Waals surface area contributed by atoms with Crippen LogP contribution in [0, 0.1) is 0 Å². The fourth-order valence-corrected chi connectivity index (χ4v) is 3.36. The van der Waals surface area contributed by atoms with Crippen LogP contribution in [0.25, 0.3) is 10.6 Å². The van der Waals surface area contributed by atoms with E-state index in [-0.39, 0.29) is 0 Å². The van der Waals surface area contributed by atoms with Crippen LogP contribution in [0.2, 0.25) is 0 Å². The maximum atomic E-state index is 12.8. The Hall–Kier alpha value is -3.46. The summed E-state index contributed by atoms with van der Waals surface area (Å²) in [4.78, 5) is 25.4. The van der Waals surface area contributed by atoms with Gasteiger partial charge in [-0.1, -0.05) is 23.5 Å². The third-order valence-electron chi connectivity index (χ3n) is 4.33. The van der Waals surface area contributed by atoms with Crippen LogP contribution in [0.15, 0.2) is 48.5 Å². The van der Waals surface area contributed by atoms with E-state index in [4.69, 9.17) is 9.47 Å². The number of benzene rings is 2. The largest absolute Gasteiger partial charge is 0.497 e. The number of carbonyl (C=O) groups excluding carboxylic acids is 2. The number of ether oxygens (including phenoxy) is 2. The number of nitrogens with one attached hydrogen (secondary N) is 2. The van der Waals surface area contributed by atoms with Crippen molar-refractivity contribution in [3.63, 3.8) is 0 Å². The van der Waals surface area contributed by atoms with E-state index in [2.05, 4.69) is 20.8 Å². The SMILES string of the molecule is COc1ccc(-c2nnc(NC(=O)C(C)(C)NC(=O)c3ccccc3OC)s2)cc1. The highest BCUT2D eigenvalue weighted by Crippen LogP contribution is 2.28. The number of rotatable bonds is 7. The quantitative estimate of drug-likeness (QED) is 0.601. The average molecular weight is 426 g/mol. The highest BCUT2D eigenvalue weighted by atomic mass is 32.1. The summed E-state index contributed by atoms with van der Waals surface area (Å²) in [5.41, 5.74) is 0.0141. The Labute approximate surface area is 178 Å². The Kier molecular flexibility index (Phi) is 6.31. The zero-order valence-electron chi connectivity index (χ0n) is 17.1. The van der Waals surface area contributed by atoms with E-state index in [1.807, 2.05) is 24.3 Å². The normalized spacial score (nSPS) is 10.9. The van der Waals surface area contributed by atoms with Gasteiger partial charge in [-0.15, -0.1) is 10.2 Å². The summed E-state index contributed by atoms with van der Waals surface area (Å²) >= 11 is 1.24. The number of hydrogen-bond acceptors (Lipinski definition) is 7. The van der Waals surface area contributed by atoms with Crippen LogP contribution >= 0.6 is 11.3 Å². The van der Waals surface area contributed by atoms with Crippen molar-refractivity contribution in [1.82, 2.24) is 15.5 Å². The van der Waals surface area contributed by atoms with Crippen molar-refractivity contribution in [1.29, 1.82) is 0 Å². The van der Waals surface area contributed by atoms with Crippen LogP contribution in [0.1, 0.15) is 24.2 Å². The molecular formula is C21H22N4O4S. The zero-order valence-corrected chi connectivity index (χ0v) is 17.9. The molecule has 0 atom stereocenters. The predicted octanol–water partition coefficient (Wildman–Crippen LogP) is 3.37. The molecule has 1 aromatic heterocycles. The van der Waals surface area contributed by atoms with Gasteiger partial charge in [0.25, 0.3) is 11.8 Å². The van der Waals surface area contributed by atoms with Gasteiger partial charge in [0.2, 0.25) is 5.13 Å². The number of para-hydroxylation sites is 1. The first-order valence-electron chi connectivity index (χ1n) is 9.09. The van der Waals surface area contributed by atoms with Gasteiger partial charge in [0, 0.05) is 5.56 Å². The summed E-state index contributed by atoms with van der Waals surface area (Å²) in [5.74, 6) is 0.343. The second kappa shape index (κ2) is 8.91. The second-order valence-electron chi connectivity index (χ2n) is 6.87. The molecule has 0 aliphatic rings. The molecule has 9 heteroatoms. The molecule has 30 heavy (non-hydrogen) atoms. The molecule has 2 N–H and O–H groups in total. The fourth-order valence-electron chi connectivity index (χ4n) is 2.62. The van der Waals surface area contributed by atoms with E-state index in [1.54, 1.807) is 45.2 Å². The summed E-state index contributed by atoms with van der Waals surface area (Å²) in [6.45, 7) is 3.22. The van der Waals surface area contributed by atoms with Gasteiger partial charge in [-0.2, -0.15) is 0 Å². The van der Waals surface area contributed by atoms with Gasteiger partial charge in [-0.3, -0.25) is 14.9 Å². The van der Waals surface area contributed by atoms with Gasteiger partial charge in [0.1, 0.15) is 22.0 Å². The summed E-state index contributed by atoms with van der Waals surface area (Å²) < 4.78 is 10.4. The number of aromatic nitrogens is 2. The lowest BCUT2D eigenvalue weighted by Crippen LogP contribution is -2.52.